The summed E-state index contributed by atoms with van der Waals surface area (Å²) in [6.07, 6.45) is 9.66. The van der Waals surface area contributed by atoms with Crippen LogP contribution in [0.5, 0.6) is 0 Å². The highest BCUT2D eigenvalue weighted by Crippen LogP contribution is 2.27. The Labute approximate surface area is 118 Å². The van der Waals surface area contributed by atoms with Gasteiger partial charge in [0.1, 0.15) is 5.54 Å². The van der Waals surface area contributed by atoms with Crippen LogP contribution in [-0.4, -0.2) is 35.6 Å². The van der Waals surface area contributed by atoms with E-state index < -0.39 is 0 Å². The van der Waals surface area contributed by atoms with Gasteiger partial charge in [-0.25, -0.2) is 0 Å². The molecular formula is C16H29N3. The normalized spacial score (nSPS) is 27.7. The average Bonchev–Trinajstić information content (AvgIpc) is 3.23. The molecule has 1 aliphatic carbocycles. The maximum absolute atomic E-state index is 9.52. The summed E-state index contributed by atoms with van der Waals surface area (Å²) in [5.41, 5.74) is -0.264. The van der Waals surface area contributed by atoms with E-state index in [1.54, 1.807) is 0 Å². The number of hydrogen-bond acceptors (Lipinski definition) is 3. The van der Waals surface area contributed by atoms with Gasteiger partial charge in [0.25, 0.3) is 0 Å². The minimum absolute atomic E-state index is 0.264. The van der Waals surface area contributed by atoms with Gasteiger partial charge in [-0.05, 0) is 65.0 Å². The lowest BCUT2D eigenvalue weighted by atomic mass is 9.91. The first-order valence-corrected chi connectivity index (χ1v) is 8.12. The van der Waals surface area contributed by atoms with Crippen LogP contribution in [-0.2, 0) is 0 Å². The third-order valence-corrected chi connectivity index (χ3v) is 4.86. The van der Waals surface area contributed by atoms with Crippen LogP contribution in [0.15, 0.2) is 0 Å². The predicted molar refractivity (Wildman–Crippen MR) is 78.9 cm³/mol. The van der Waals surface area contributed by atoms with Crippen LogP contribution in [0.3, 0.4) is 0 Å². The summed E-state index contributed by atoms with van der Waals surface area (Å²) in [6, 6.07) is 3.91. The van der Waals surface area contributed by atoms with Crippen molar-refractivity contribution in [2.24, 2.45) is 0 Å². The van der Waals surface area contributed by atoms with E-state index in [1.807, 2.05) is 0 Å². The van der Waals surface area contributed by atoms with E-state index in [4.69, 9.17) is 0 Å². The van der Waals surface area contributed by atoms with Gasteiger partial charge in [0.2, 0.25) is 0 Å². The Morgan fingerprint density at radius 2 is 2.11 bits per heavy atom. The smallest absolute Gasteiger partial charge is 0.106 e. The number of nitrogens with one attached hydrogen (secondary N) is 1. The van der Waals surface area contributed by atoms with Crippen LogP contribution in [0.4, 0.5) is 0 Å². The Morgan fingerprint density at radius 1 is 1.32 bits per heavy atom. The van der Waals surface area contributed by atoms with Crippen molar-refractivity contribution in [1.82, 2.24) is 10.2 Å². The third kappa shape index (κ3) is 4.19. The van der Waals surface area contributed by atoms with Crippen molar-refractivity contribution in [2.45, 2.75) is 82.8 Å². The van der Waals surface area contributed by atoms with Crippen molar-refractivity contribution in [3.05, 3.63) is 0 Å². The van der Waals surface area contributed by atoms with E-state index in [0.717, 1.165) is 31.8 Å². The van der Waals surface area contributed by atoms with Gasteiger partial charge >= 0.3 is 0 Å². The van der Waals surface area contributed by atoms with Crippen LogP contribution in [0.1, 0.15) is 65.2 Å². The molecular weight excluding hydrogens is 234 g/mol. The molecule has 2 unspecified atom stereocenters. The summed E-state index contributed by atoms with van der Waals surface area (Å²) >= 11 is 0. The molecule has 0 aromatic heterocycles. The van der Waals surface area contributed by atoms with Crippen molar-refractivity contribution in [2.75, 3.05) is 13.1 Å². The van der Waals surface area contributed by atoms with Crippen molar-refractivity contribution >= 4 is 0 Å². The first-order chi connectivity index (χ1) is 9.19. The molecule has 0 radical (unpaired) electrons. The first-order valence-electron chi connectivity index (χ1n) is 8.12. The fourth-order valence-electron chi connectivity index (χ4n) is 3.21. The van der Waals surface area contributed by atoms with Gasteiger partial charge in [-0.15, -0.1) is 0 Å². The van der Waals surface area contributed by atoms with Gasteiger partial charge in [0.05, 0.1) is 6.07 Å². The molecule has 0 aromatic rings. The quantitative estimate of drug-likeness (QED) is 0.767. The van der Waals surface area contributed by atoms with E-state index in [2.05, 4.69) is 30.1 Å². The second-order valence-corrected chi connectivity index (χ2v) is 6.45. The topological polar surface area (TPSA) is 39.1 Å². The number of rotatable bonds is 7. The second kappa shape index (κ2) is 6.72. The van der Waals surface area contributed by atoms with Gasteiger partial charge in [0, 0.05) is 12.1 Å². The average molecular weight is 263 g/mol. The van der Waals surface area contributed by atoms with Crippen LogP contribution in [0, 0.1) is 11.3 Å². The summed E-state index contributed by atoms with van der Waals surface area (Å²) in [4.78, 5) is 2.61. The van der Waals surface area contributed by atoms with Gasteiger partial charge in [-0.2, -0.15) is 5.26 Å². The number of piperidine rings is 1. The summed E-state index contributed by atoms with van der Waals surface area (Å²) in [5, 5.41) is 13.1. The fraction of sp³-hybridized carbons (Fsp3) is 0.938. The molecule has 1 saturated heterocycles. The van der Waals surface area contributed by atoms with Gasteiger partial charge in [-0.3, -0.25) is 5.32 Å². The Bertz CT molecular complexity index is 318. The van der Waals surface area contributed by atoms with E-state index in [9.17, 15) is 5.26 Å². The minimum atomic E-state index is -0.264. The van der Waals surface area contributed by atoms with Crippen molar-refractivity contribution in [1.29, 1.82) is 5.26 Å². The molecule has 0 spiro atoms. The molecule has 0 aromatic carbocycles. The maximum Gasteiger partial charge on any atom is 0.106 e. The van der Waals surface area contributed by atoms with E-state index in [0.29, 0.717) is 6.04 Å². The highest BCUT2D eigenvalue weighted by atomic mass is 15.2. The third-order valence-electron chi connectivity index (χ3n) is 4.86. The zero-order valence-corrected chi connectivity index (χ0v) is 12.6. The molecule has 3 heteroatoms. The Morgan fingerprint density at radius 3 is 2.68 bits per heavy atom. The highest BCUT2D eigenvalue weighted by molar-refractivity contribution is 5.09. The molecule has 2 rings (SSSR count). The SMILES string of the molecule is CCC(C#N)(CCCN1CCCCC1C)NC1CC1. The standard InChI is InChI=1S/C16H29N3/c1-3-16(13-17,18-15-8-9-15)10-6-12-19-11-5-4-7-14(19)2/h14-15,18H,3-12H2,1-2H3. The fourth-order valence-corrected chi connectivity index (χ4v) is 3.21. The number of nitriles is 1. The van der Waals surface area contributed by atoms with Crippen LogP contribution in [0.25, 0.3) is 0 Å². The van der Waals surface area contributed by atoms with Crippen molar-refractivity contribution in [3.8, 4) is 6.07 Å². The molecule has 1 saturated carbocycles. The van der Waals surface area contributed by atoms with Crippen LogP contribution >= 0.6 is 0 Å². The summed E-state index contributed by atoms with van der Waals surface area (Å²) in [7, 11) is 0. The lowest BCUT2D eigenvalue weighted by Gasteiger charge is -2.34. The van der Waals surface area contributed by atoms with E-state index in [1.165, 1.54) is 38.6 Å². The highest BCUT2D eigenvalue weighted by Gasteiger charge is 2.34. The van der Waals surface area contributed by atoms with Crippen LogP contribution < -0.4 is 5.32 Å². The van der Waals surface area contributed by atoms with Crippen molar-refractivity contribution < 1.29 is 0 Å². The summed E-state index contributed by atoms with van der Waals surface area (Å²) in [6.45, 7) is 6.90. The zero-order chi connectivity index (χ0) is 13.7. The Balaban J connectivity index is 1.76. The zero-order valence-electron chi connectivity index (χ0n) is 12.6. The first kappa shape index (κ1) is 14.8. The molecule has 0 amide bonds. The number of likely N-dealkylation sites (tertiary alicyclic amines) is 1. The molecule has 2 fully saturated rings. The lowest BCUT2D eigenvalue weighted by Crippen LogP contribution is -2.46. The Hall–Kier alpha value is -0.590. The number of hydrogen-bond donors (Lipinski definition) is 1. The lowest BCUT2D eigenvalue weighted by molar-refractivity contribution is 0.153. The van der Waals surface area contributed by atoms with E-state index in [-0.39, 0.29) is 5.54 Å². The molecule has 19 heavy (non-hydrogen) atoms. The maximum atomic E-state index is 9.52. The van der Waals surface area contributed by atoms with E-state index >= 15 is 0 Å². The Kier molecular flexibility index (Phi) is 5.24. The van der Waals surface area contributed by atoms with Gasteiger partial charge in [-0.1, -0.05) is 13.3 Å². The summed E-state index contributed by atoms with van der Waals surface area (Å²) < 4.78 is 0. The van der Waals surface area contributed by atoms with Gasteiger partial charge < -0.3 is 4.90 Å². The monoisotopic (exact) mass is 263 g/mol. The minimum Gasteiger partial charge on any atom is -0.301 e. The molecule has 1 heterocycles. The molecule has 0 bridgehead atoms. The molecule has 108 valence electrons. The molecule has 2 atom stereocenters. The molecule has 1 aliphatic heterocycles. The van der Waals surface area contributed by atoms with Crippen LogP contribution in [0.2, 0.25) is 0 Å². The summed E-state index contributed by atoms with van der Waals surface area (Å²) in [5.74, 6) is 0. The molecule has 2 aliphatic rings. The largest absolute Gasteiger partial charge is 0.301 e. The number of nitrogens with zero attached hydrogens (tertiary/aromatic N) is 2. The van der Waals surface area contributed by atoms with Gasteiger partial charge in [0.15, 0.2) is 0 Å². The second-order valence-electron chi connectivity index (χ2n) is 6.45. The molecule has 1 N–H and O–H groups in total. The predicted octanol–water partition coefficient (Wildman–Crippen LogP) is 3.07. The molecule has 3 nitrogen and oxygen atoms in total. The van der Waals surface area contributed by atoms with Crippen molar-refractivity contribution in [3.63, 3.8) is 0 Å².